The Morgan fingerprint density at radius 1 is 1.62 bits per heavy atom. The molecule has 0 atom stereocenters. The van der Waals surface area contributed by atoms with E-state index in [9.17, 15) is 8.42 Å². The van der Waals surface area contributed by atoms with E-state index in [4.69, 9.17) is 0 Å². The van der Waals surface area contributed by atoms with Crippen LogP contribution in [0.1, 0.15) is 6.92 Å². The van der Waals surface area contributed by atoms with E-state index in [1.165, 1.54) is 0 Å². The van der Waals surface area contributed by atoms with Crippen molar-refractivity contribution >= 4 is 10.1 Å². The Morgan fingerprint density at radius 2 is 2.12 bits per heavy atom. The molecule has 0 aromatic rings. The minimum Gasteiger partial charge on any atom is -0.270 e. The third-order valence-electron chi connectivity index (χ3n) is 0.547. The molecular formula is C4H9O3S. The van der Waals surface area contributed by atoms with Gasteiger partial charge >= 0.3 is 0 Å². The van der Waals surface area contributed by atoms with Crippen molar-refractivity contribution in [2.24, 2.45) is 0 Å². The van der Waals surface area contributed by atoms with Crippen molar-refractivity contribution in [2.75, 3.05) is 12.4 Å². The topological polar surface area (TPSA) is 43.4 Å². The van der Waals surface area contributed by atoms with E-state index in [1.807, 2.05) is 0 Å². The van der Waals surface area contributed by atoms with E-state index in [1.54, 1.807) is 6.92 Å². The first-order valence-corrected chi connectivity index (χ1v) is 3.86. The van der Waals surface area contributed by atoms with Crippen LogP contribution in [0.3, 0.4) is 0 Å². The Kier molecular flexibility index (Phi) is 3.01. The Bertz CT molecular complexity index is 135. The van der Waals surface area contributed by atoms with Crippen molar-refractivity contribution in [1.82, 2.24) is 0 Å². The second-order valence-corrected chi connectivity index (χ2v) is 2.93. The molecule has 0 fully saturated rings. The van der Waals surface area contributed by atoms with Gasteiger partial charge in [-0.15, -0.1) is 0 Å². The van der Waals surface area contributed by atoms with Gasteiger partial charge in [-0.1, -0.05) is 0 Å². The van der Waals surface area contributed by atoms with Gasteiger partial charge in [-0.05, 0) is 13.8 Å². The molecule has 8 heavy (non-hydrogen) atoms. The Morgan fingerprint density at radius 3 is 2.25 bits per heavy atom. The molecular weight excluding hydrogens is 128 g/mol. The van der Waals surface area contributed by atoms with Crippen LogP contribution in [0, 0.1) is 6.92 Å². The van der Waals surface area contributed by atoms with Crippen LogP contribution in [-0.4, -0.2) is 20.8 Å². The molecule has 3 nitrogen and oxygen atoms in total. The van der Waals surface area contributed by atoms with Gasteiger partial charge in [0, 0.05) is 0 Å². The van der Waals surface area contributed by atoms with E-state index in [0.717, 1.165) is 0 Å². The smallest absolute Gasteiger partial charge is 0.267 e. The lowest BCUT2D eigenvalue weighted by Crippen LogP contribution is -2.07. The molecule has 0 aromatic carbocycles. The first-order chi connectivity index (χ1) is 3.62. The van der Waals surface area contributed by atoms with Gasteiger partial charge in [-0.3, -0.25) is 4.18 Å². The molecule has 0 aliphatic heterocycles. The van der Waals surface area contributed by atoms with Crippen molar-refractivity contribution in [3.63, 3.8) is 0 Å². The van der Waals surface area contributed by atoms with Crippen LogP contribution < -0.4 is 0 Å². The molecule has 0 saturated carbocycles. The normalized spacial score (nSPS) is 11.8. The van der Waals surface area contributed by atoms with Crippen LogP contribution in [0.2, 0.25) is 0 Å². The maximum absolute atomic E-state index is 10.3. The molecule has 0 spiro atoms. The van der Waals surface area contributed by atoms with Crippen LogP contribution >= 0.6 is 0 Å². The highest BCUT2D eigenvalue weighted by molar-refractivity contribution is 7.86. The molecule has 1 radical (unpaired) electrons. The molecule has 0 heterocycles. The fourth-order valence-corrected chi connectivity index (χ4v) is 0.715. The molecule has 0 amide bonds. The van der Waals surface area contributed by atoms with Crippen LogP contribution in [0.4, 0.5) is 0 Å². The van der Waals surface area contributed by atoms with Crippen molar-refractivity contribution in [1.29, 1.82) is 0 Å². The fourth-order valence-electron chi connectivity index (χ4n) is 0.238. The van der Waals surface area contributed by atoms with Crippen molar-refractivity contribution in [3.8, 4) is 0 Å². The summed E-state index contributed by atoms with van der Waals surface area (Å²) in [5, 5.41) is 0. The van der Waals surface area contributed by atoms with Gasteiger partial charge in [0.05, 0.1) is 12.4 Å². The zero-order chi connectivity index (χ0) is 6.62. The van der Waals surface area contributed by atoms with Gasteiger partial charge in [0.25, 0.3) is 10.1 Å². The van der Waals surface area contributed by atoms with E-state index in [2.05, 4.69) is 11.1 Å². The first-order valence-electron chi connectivity index (χ1n) is 2.28. The maximum Gasteiger partial charge on any atom is 0.267 e. The van der Waals surface area contributed by atoms with E-state index in [-0.39, 0.29) is 12.4 Å². The summed E-state index contributed by atoms with van der Waals surface area (Å²) in [6.45, 7) is 4.97. The van der Waals surface area contributed by atoms with E-state index < -0.39 is 10.1 Å². The van der Waals surface area contributed by atoms with Gasteiger partial charge < -0.3 is 0 Å². The third-order valence-corrected chi connectivity index (χ3v) is 1.64. The highest BCUT2D eigenvalue weighted by Crippen LogP contribution is 1.88. The molecule has 0 bridgehead atoms. The van der Waals surface area contributed by atoms with Crippen molar-refractivity contribution in [3.05, 3.63) is 6.92 Å². The fraction of sp³-hybridized carbons (Fsp3) is 0.750. The summed E-state index contributed by atoms with van der Waals surface area (Å²) in [5.41, 5.74) is 0. The maximum atomic E-state index is 10.3. The van der Waals surface area contributed by atoms with Gasteiger partial charge in [0.15, 0.2) is 0 Å². The molecule has 0 rings (SSSR count). The third kappa shape index (κ3) is 2.98. The highest BCUT2D eigenvalue weighted by atomic mass is 32.2. The Hall–Kier alpha value is -0.0900. The second-order valence-electron chi connectivity index (χ2n) is 1.17. The van der Waals surface area contributed by atoms with Crippen LogP contribution in [0.25, 0.3) is 0 Å². The quantitative estimate of drug-likeness (QED) is 0.521. The summed E-state index contributed by atoms with van der Waals surface area (Å²) in [4.78, 5) is 0. The standard InChI is InChI=1S/C4H9O3S/c1-3-7-8(5,6)4-2/h2-4H2,1H3. The molecule has 0 unspecified atom stereocenters. The minimum absolute atomic E-state index is 0.192. The molecule has 0 aliphatic rings. The van der Waals surface area contributed by atoms with Crippen LogP contribution in [0.5, 0.6) is 0 Å². The summed E-state index contributed by atoms with van der Waals surface area (Å²) in [7, 11) is -3.28. The minimum atomic E-state index is -3.28. The van der Waals surface area contributed by atoms with Crippen LogP contribution in [0.15, 0.2) is 0 Å². The van der Waals surface area contributed by atoms with E-state index in [0.29, 0.717) is 0 Å². The second kappa shape index (κ2) is 3.04. The van der Waals surface area contributed by atoms with E-state index >= 15 is 0 Å². The van der Waals surface area contributed by atoms with Gasteiger partial charge in [0.1, 0.15) is 0 Å². The highest BCUT2D eigenvalue weighted by Gasteiger charge is 2.02. The van der Waals surface area contributed by atoms with Crippen molar-refractivity contribution in [2.45, 2.75) is 6.92 Å². The summed E-state index contributed by atoms with van der Waals surface area (Å²) < 4.78 is 24.9. The zero-order valence-electron chi connectivity index (χ0n) is 4.75. The number of hydrogen-bond acceptors (Lipinski definition) is 3. The molecule has 0 saturated heterocycles. The SMILES string of the molecule is [CH2]CS(=O)(=O)OCC. The van der Waals surface area contributed by atoms with Crippen LogP contribution in [-0.2, 0) is 14.3 Å². The monoisotopic (exact) mass is 137 g/mol. The largest absolute Gasteiger partial charge is 0.270 e. The molecule has 49 valence electrons. The number of rotatable bonds is 3. The van der Waals surface area contributed by atoms with Crippen molar-refractivity contribution < 1.29 is 12.6 Å². The molecule has 0 N–H and O–H groups in total. The summed E-state index contributed by atoms with van der Waals surface area (Å²) in [6, 6.07) is 0. The summed E-state index contributed by atoms with van der Waals surface area (Å²) in [5.74, 6) is -0.194. The van der Waals surface area contributed by atoms with Gasteiger partial charge in [-0.25, -0.2) is 0 Å². The average molecular weight is 137 g/mol. The summed E-state index contributed by atoms with van der Waals surface area (Å²) >= 11 is 0. The summed E-state index contributed by atoms with van der Waals surface area (Å²) in [6.07, 6.45) is 0. The Labute approximate surface area is 49.8 Å². The Balaban J connectivity index is 3.76. The van der Waals surface area contributed by atoms with Gasteiger partial charge in [-0.2, -0.15) is 8.42 Å². The predicted octanol–water partition coefficient (Wildman–Crippen LogP) is 0.187. The first kappa shape index (κ1) is 7.91. The predicted molar refractivity (Wildman–Crippen MR) is 30.8 cm³/mol. The van der Waals surface area contributed by atoms with Gasteiger partial charge in [0.2, 0.25) is 0 Å². The zero-order valence-corrected chi connectivity index (χ0v) is 5.57. The lowest BCUT2D eigenvalue weighted by Gasteiger charge is -1.95. The molecule has 0 aromatic heterocycles. The molecule has 0 aliphatic carbocycles. The lowest BCUT2D eigenvalue weighted by molar-refractivity contribution is 0.340. The number of hydrogen-bond donors (Lipinski definition) is 0. The molecule has 4 heteroatoms. The lowest BCUT2D eigenvalue weighted by atomic mass is 10.9. The average Bonchev–Trinajstić information content (AvgIpc) is 1.67.